The van der Waals surface area contributed by atoms with E-state index in [1.54, 1.807) is 21.1 Å². The third-order valence-corrected chi connectivity index (χ3v) is 1.77. The van der Waals surface area contributed by atoms with E-state index in [2.05, 4.69) is 0 Å². The second kappa shape index (κ2) is 3.84. The summed E-state index contributed by atoms with van der Waals surface area (Å²) in [7, 11) is 5.36. The van der Waals surface area contributed by atoms with E-state index in [0.717, 1.165) is 0 Å². The molecule has 0 spiro atoms. The summed E-state index contributed by atoms with van der Waals surface area (Å²) in [6.07, 6.45) is 0. The number of aliphatic carboxylic acids is 1. The Hall–Kier alpha value is -0.650. The number of likely N-dealkylation sites (N-methyl/N-ethyl adjacent to an activating group) is 1. The Labute approximate surface area is 72.5 Å². The first-order valence-electron chi connectivity index (χ1n) is 3.80. The molecule has 72 valence electrons. The molecular formula is C7H18N3O2+. The first-order chi connectivity index (χ1) is 5.30. The van der Waals surface area contributed by atoms with Gasteiger partial charge in [0.15, 0.2) is 0 Å². The van der Waals surface area contributed by atoms with Crippen LogP contribution in [0.25, 0.3) is 0 Å². The molecule has 2 unspecified atom stereocenters. The maximum atomic E-state index is 10.8. The van der Waals surface area contributed by atoms with Crippen molar-refractivity contribution in [1.82, 2.24) is 0 Å². The highest BCUT2D eigenvalue weighted by molar-refractivity contribution is 5.73. The number of rotatable bonds is 4. The molecule has 0 heterocycles. The molecule has 0 aliphatic rings. The Morgan fingerprint density at radius 3 is 2.00 bits per heavy atom. The Bertz CT molecular complexity index is 165. The van der Waals surface area contributed by atoms with E-state index >= 15 is 0 Å². The van der Waals surface area contributed by atoms with Gasteiger partial charge in [-0.2, -0.15) is 0 Å². The zero-order valence-electron chi connectivity index (χ0n) is 7.82. The summed E-state index contributed by atoms with van der Waals surface area (Å²) in [4.78, 5) is 10.8. The number of carboxylic acids is 1. The SMILES string of the molecule is C[N+](C)(C)C(C(=O)O)C(N)CN. The van der Waals surface area contributed by atoms with Crippen molar-refractivity contribution in [2.75, 3.05) is 27.7 Å². The van der Waals surface area contributed by atoms with Crippen molar-refractivity contribution < 1.29 is 14.4 Å². The highest BCUT2D eigenvalue weighted by Crippen LogP contribution is 2.05. The fourth-order valence-corrected chi connectivity index (χ4v) is 1.22. The summed E-state index contributed by atoms with van der Waals surface area (Å²) in [5, 5.41) is 8.86. The number of hydrogen-bond acceptors (Lipinski definition) is 3. The molecule has 0 aromatic rings. The monoisotopic (exact) mass is 176 g/mol. The van der Waals surface area contributed by atoms with Crippen LogP contribution >= 0.6 is 0 Å². The minimum Gasteiger partial charge on any atom is -0.477 e. The van der Waals surface area contributed by atoms with Crippen molar-refractivity contribution >= 4 is 5.97 Å². The van der Waals surface area contributed by atoms with E-state index in [0.29, 0.717) is 0 Å². The number of hydrogen-bond donors (Lipinski definition) is 3. The number of quaternary nitrogens is 1. The summed E-state index contributed by atoms with van der Waals surface area (Å²) in [5.41, 5.74) is 10.9. The van der Waals surface area contributed by atoms with E-state index in [9.17, 15) is 4.79 Å². The molecule has 0 saturated heterocycles. The van der Waals surface area contributed by atoms with Crippen molar-refractivity contribution in [3.63, 3.8) is 0 Å². The van der Waals surface area contributed by atoms with Crippen molar-refractivity contribution in [3.05, 3.63) is 0 Å². The largest absolute Gasteiger partial charge is 0.477 e. The van der Waals surface area contributed by atoms with Crippen LogP contribution in [0.15, 0.2) is 0 Å². The summed E-state index contributed by atoms with van der Waals surface area (Å²) >= 11 is 0. The highest BCUT2D eigenvalue weighted by Gasteiger charge is 2.36. The molecule has 0 aliphatic heterocycles. The number of carboxylic acid groups (broad SMARTS) is 1. The van der Waals surface area contributed by atoms with Gasteiger partial charge >= 0.3 is 5.97 Å². The molecule has 0 amide bonds. The zero-order chi connectivity index (χ0) is 9.94. The molecule has 2 atom stereocenters. The van der Waals surface area contributed by atoms with Gasteiger partial charge in [-0.1, -0.05) is 0 Å². The van der Waals surface area contributed by atoms with Crippen LogP contribution in [0.2, 0.25) is 0 Å². The van der Waals surface area contributed by atoms with Crippen LogP contribution < -0.4 is 11.5 Å². The van der Waals surface area contributed by atoms with Crippen LogP contribution in [-0.4, -0.2) is 55.3 Å². The van der Waals surface area contributed by atoms with Crippen LogP contribution in [-0.2, 0) is 4.79 Å². The summed E-state index contributed by atoms with van der Waals surface area (Å²) in [5.74, 6) is -0.902. The molecule has 0 aromatic heterocycles. The minimum atomic E-state index is -0.902. The fourth-order valence-electron chi connectivity index (χ4n) is 1.22. The quantitative estimate of drug-likeness (QED) is 0.451. The summed E-state index contributed by atoms with van der Waals surface area (Å²) in [6, 6.07) is -1.14. The van der Waals surface area contributed by atoms with Crippen LogP contribution in [0.4, 0.5) is 0 Å². The Morgan fingerprint density at radius 1 is 1.50 bits per heavy atom. The summed E-state index contributed by atoms with van der Waals surface area (Å²) < 4.78 is 0.285. The van der Waals surface area contributed by atoms with E-state index in [4.69, 9.17) is 16.6 Å². The molecule has 0 radical (unpaired) electrons. The third-order valence-electron chi connectivity index (χ3n) is 1.77. The number of nitrogens with two attached hydrogens (primary N) is 2. The van der Waals surface area contributed by atoms with Crippen LogP contribution in [0, 0.1) is 0 Å². The zero-order valence-corrected chi connectivity index (χ0v) is 7.82. The molecule has 0 saturated carbocycles. The van der Waals surface area contributed by atoms with Gasteiger partial charge in [0.05, 0.1) is 27.2 Å². The summed E-state index contributed by atoms with van der Waals surface area (Å²) in [6.45, 7) is 0.187. The van der Waals surface area contributed by atoms with E-state index in [-0.39, 0.29) is 11.0 Å². The molecule has 5 heteroatoms. The second-order valence-corrected chi connectivity index (χ2v) is 3.80. The average molecular weight is 176 g/mol. The standard InChI is InChI=1S/C7H17N3O2/c1-10(2,3)6(7(11)12)5(9)4-8/h5-6H,4,8-9H2,1-3H3/p+1. The molecule has 12 heavy (non-hydrogen) atoms. The predicted molar refractivity (Wildman–Crippen MR) is 46.5 cm³/mol. The smallest absolute Gasteiger partial charge is 0.364 e. The van der Waals surface area contributed by atoms with E-state index < -0.39 is 18.1 Å². The Morgan fingerprint density at radius 2 is 1.92 bits per heavy atom. The normalized spacial score (nSPS) is 17.1. The molecule has 5 nitrogen and oxygen atoms in total. The number of carbonyl (C=O) groups is 1. The van der Waals surface area contributed by atoms with Crippen molar-refractivity contribution in [1.29, 1.82) is 0 Å². The predicted octanol–water partition coefficient (Wildman–Crippen LogP) is -1.57. The first-order valence-corrected chi connectivity index (χ1v) is 3.80. The van der Waals surface area contributed by atoms with Crippen LogP contribution in [0.3, 0.4) is 0 Å². The highest BCUT2D eigenvalue weighted by atomic mass is 16.4. The van der Waals surface area contributed by atoms with Crippen molar-refractivity contribution in [3.8, 4) is 0 Å². The Kier molecular flexibility index (Phi) is 3.63. The Balaban J connectivity index is 4.56. The van der Waals surface area contributed by atoms with Gasteiger partial charge in [0.1, 0.15) is 0 Å². The molecule has 0 bridgehead atoms. The maximum Gasteiger partial charge on any atom is 0.364 e. The maximum absolute atomic E-state index is 10.8. The van der Waals surface area contributed by atoms with Gasteiger partial charge < -0.3 is 21.1 Å². The van der Waals surface area contributed by atoms with Crippen LogP contribution in [0.1, 0.15) is 0 Å². The topological polar surface area (TPSA) is 89.3 Å². The van der Waals surface area contributed by atoms with Crippen LogP contribution in [0.5, 0.6) is 0 Å². The third kappa shape index (κ3) is 2.77. The molecular weight excluding hydrogens is 158 g/mol. The molecule has 0 rings (SSSR count). The fraction of sp³-hybridized carbons (Fsp3) is 0.857. The van der Waals surface area contributed by atoms with E-state index in [1.165, 1.54) is 0 Å². The first kappa shape index (κ1) is 11.4. The lowest BCUT2D eigenvalue weighted by Crippen LogP contribution is -2.60. The lowest BCUT2D eigenvalue weighted by Gasteiger charge is -2.34. The molecule has 0 fully saturated rings. The lowest BCUT2D eigenvalue weighted by molar-refractivity contribution is -0.888. The van der Waals surface area contributed by atoms with Crippen molar-refractivity contribution in [2.45, 2.75) is 12.1 Å². The van der Waals surface area contributed by atoms with Gasteiger partial charge in [-0.3, -0.25) is 0 Å². The molecule has 0 aromatic carbocycles. The van der Waals surface area contributed by atoms with Gasteiger partial charge in [0.25, 0.3) is 0 Å². The lowest BCUT2D eigenvalue weighted by atomic mass is 10.1. The molecule has 5 N–H and O–H groups in total. The average Bonchev–Trinajstić information content (AvgIpc) is 1.83. The van der Waals surface area contributed by atoms with Gasteiger partial charge in [0, 0.05) is 6.54 Å². The second-order valence-electron chi connectivity index (χ2n) is 3.80. The van der Waals surface area contributed by atoms with Gasteiger partial charge in [0.2, 0.25) is 6.04 Å². The van der Waals surface area contributed by atoms with Gasteiger partial charge in [-0.05, 0) is 0 Å². The van der Waals surface area contributed by atoms with E-state index in [1.807, 2.05) is 0 Å². The number of nitrogens with zero attached hydrogens (tertiary/aromatic N) is 1. The van der Waals surface area contributed by atoms with Gasteiger partial charge in [-0.15, -0.1) is 0 Å². The molecule has 0 aliphatic carbocycles. The van der Waals surface area contributed by atoms with Gasteiger partial charge in [-0.25, -0.2) is 4.79 Å². The minimum absolute atomic E-state index is 0.187. The van der Waals surface area contributed by atoms with Crippen molar-refractivity contribution in [2.24, 2.45) is 11.5 Å².